The lowest BCUT2D eigenvalue weighted by Gasteiger charge is -2.28. The first kappa shape index (κ1) is 9.88. The highest BCUT2D eigenvalue weighted by Gasteiger charge is 2.11. The van der Waals surface area contributed by atoms with Gasteiger partial charge in [0.2, 0.25) is 0 Å². The smallest absolute Gasteiger partial charge is 0.112 e. The van der Waals surface area contributed by atoms with Crippen molar-refractivity contribution in [3.8, 4) is 0 Å². The van der Waals surface area contributed by atoms with Crippen LogP contribution in [0.4, 0.5) is 0 Å². The van der Waals surface area contributed by atoms with Gasteiger partial charge >= 0.3 is 0 Å². The molecule has 0 atom stereocenters. The van der Waals surface area contributed by atoms with Gasteiger partial charge in [0.15, 0.2) is 0 Å². The molecule has 58 valence electrons. The third kappa shape index (κ3) is 3.15. The largest absolute Gasteiger partial charge is 0.297 e. The van der Waals surface area contributed by atoms with Gasteiger partial charge in [-0.15, -0.1) is 12.3 Å². The number of nitrogens with zero attached hydrogens (tertiary/aromatic N) is 2. The second kappa shape index (κ2) is 4.66. The molecule has 0 heterocycles. The lowest BCUT2D eigenvalue weighted by molar-refractivity contribution is 0.202. The van der Waals surface area contributed by atoms with E-state index in [0.717, 1.165) is 9.52 Å². The summed E-state index contributed by atoms with van der Waals surface area (Å²) in [4.78, 5) is 4.39. The summed E-state index contributed by atoms with van der Waals surface area (Å²) in [7, 11) is 9.12. The Morgan fingerprint density at radius 1 is 1.20 bits per heavy atom. The molecule has 0 aromatic rings. The molecule has 0 amide bonds. The van der Waals surface area contributed by atoms with E-state index in [0.29, 0.717) is 5.79 Å². The van der Waals surface area contributed by atoms with Crippen LogP contribution in [0, 0.1) is 0 Å². The highest BCUT2D eigenvalue weighted by Crippen LogP contribution is 1.93. The minimum Gasteiger partial charge on any atom is -0.297 e. The van der Waals surface area contributed by atoms with Crippen molar-refractivity contribution >= 4 is 9.52 Å². The van der Waals surface area contributed by atoms with Crippen LogP contribution in [-0.4, -0.2) is 53.3 Å². The Labute approximate surface area is 66.3 Å². The maximum atomic E-state index is 3.72. The van der Waals surface area contributed by atoms with Crippen LogP contribution in [0.15, 0.2) is 12.3 Å². The molecule has 0 unspecified atom stereocenters. The average molecular weight is 156 g/mol. The Bertz CT molecular complexity index is 93.8. The Balaban J connectivity index is 3.84. The van der Waals surface area contributed by atoms with Crippen molar-refractivity contribution in [1.82, 2.24) is 9.80 Å². The summed E-state index contributed by atoms with van der Waals surface area (Å²) in [5, 5.41) is 0. The zero-order valence-electron chi connectivity index (χ0n) is 7.26. The summed E-state index contributed by atoms with van der Waals surface area (Å²) in [5.74, 6) is 0.512. The fourth-order valence-corrected chi connectivity index (χ4v) is 1.67. The van der Waals surface area contributed by atoms with E-state index in [4.69, 9.17) is 0 Å². The molecule has 0 aliphatic heterocycles. The van der Waals surface area contributed by atoms with Crippen LogP contribution in [0.25, 0.3) is 0 Å². The SMILES string of the molecule is C=C[Si]C(N(C)C)N(C)C. The van der Waals surface area contributed by atoms with E-state index in [2.05, 4.69) is 44.6 Å². The van der Waals surface area contributed by atoms with Gasteiger partial charge in [-0.25, -0.2) is 0 Å². The number of hydrogen-bond acceptors (Lipinski definition) is 2. The fraction of sp³-hybridized carbons (Fsp3) is 0.714. The molecule has 3 heteroatoms. The first-order chi connectivity index (χ1) is 4.59. The second-order valence-electron chi connectivity index (χ2n) is 2.67. The molecule has 0 aliphatic carbocycles. The molecule has 2 radical (unpaired) electrons. The molecule has 0 saturated heterocycles. The molecule has 0 aliphatic rings. The van der Waals surface area contributed by atoms with Crippen molar-refractivity contribution in [2.75, 3.05) is 28.2 Å². The van der Waals surface area contributed by atoms with Gasteiger partial charge < -0.3 is 0 Å². The van der Waals surface area contributed by atoms with E-state index in [1.807, 2.05) is 5.70 Å². The van der Waals surface area contributed by atoms with Gasteiger partial charge in [0, 0.05) is 0 Å². The normalized spacial score (nSPS) is 11.5. The van der Waals surface area contributed by atoms with Gasteiger partial charge in [-0.2, -0.15) is 0 Å². The number of rotatable bonds is 4. The van der Waals surface area contributed by atoms with Crippen molar-refractivity contribution in [3.63, 3.8) is 0 Å². The molecule has 10 heavy (non-hydrogen) atoms. The van der Waals surface area contributed by atoms with E-state index < -0.39 is 0 Å². The lowest BCUT2D eigenvalue weighted by atomic mass is 10.8. The molecule has 0 spiro atoms. The van der Waals surface area contributed by atoms with Gasteiger partial charge in [-0.1, -0.05) is 0 Å². The Hall–Kier alpha value is -0.123. The summed E-state index contributed by atoms with van der Waals surface area (Å²) >= 11 is 0. The first-order valence-electron chi connectivity index (χ1n) is 3.29. The van der Waals surface area contributed by atoms with Crippen LogP contribution >= 0.6 is 0 Å². The zero-order chi connectivity index (χ0) is 8.15. The van der Waals surface area contributed by atoms with E-state index >= 15 is 0 Å². The van der Waals surface area contributed by atoms with Crippen molar-refractivity contribution in [3.05, 3.63) is 12.3 Å². The topological polar surface area (TPSA) is 6.48 Å². The van der Waals surface area contributed by atoms with Crippen molar-refractivity contribution in [2.24, 2.45) is 0 Å². The zero-order valence-corrected chi connectivity index (χ0v) is 8.26. The van der Waals surface area contributed by atoms with Crippen molar-refractivity contribution < 1.29 is 0 Å². The van der Waals surface area contributed by atoms with Crippen LogP contribution in [0.3, 0.4) is 0 Å². The Morgan fingerprint density at radius 2 is 1.60 bits per heavy atom. The summed E-state index contributed by atoms with van der Waals surface area (Å²) in [6, 6.07) is 0. The standard InChI is InChI=1S/C7H16N2Si/c1-6-10-7(8(2)3)9(4)5/h6-7H,1H2,2-5H3. The third-order valence-electron chi connectivity index (χ3n) is 1.25. The summed E-state index contributed by atoms with van der Waals surface area (Å²) in [6.07, 6.45) is 0. The van der Waals surface area contributed by atoms with Gasteiger partial charge in [0.25, 0.3) is 0 Å². The number of hydrogen-bond donors (Lipinski definition) is 0. The second-order valence-corrected chi connectivity index (χ2v) is 3.93. The minimum atomic E-state index is 0.512. The summed E-state index contributed by atoms with van der Waals surface area (Å²) < 4.78 is 0. The summed E-state index contributed by atoms with van der Waals surface area (Å²) in [6.45, 7) is 3.72. The quantitative estimate of drug-likeness (QED) is 0.425. The molecule has 0 fully saturated rings. The van der Waals surface area contributed by atoms with Gasteiger partial charge in [0.05, 0.1) is 5.79 Å². The summed E-state index contributed by atoms with van der Waals surface area (Å²) in [5.41, 5.74) is 1.98. The van der Waals surface area contributed by atoms with E-state index in [-0.39, 0.29) is 0 Å². The predicted molar refractivity (Wildman–Crippen MR) is 47.1 cm³/mol. The maximum absolute atomic E-state index is 3.72. The molecule has 0 aromatic carbocycles. The maximum Gasteiger partial charge on any atom is 0.112 e. The third-order valence-corrected chi connectivity index (χ3v) is 2.81. The Morgan fingerprint density at radius 3 is 1.70 bits per heavy atom. The van der Waals surface area contributed by atoms with Gasteiger partial charge in [-0.05, 0) is 28.2 Å². The fourth-order valence-electron chi connectivity index (χ4n) is 0.865. The Kier molecular flexibility index (Phi) is 4.60. The first-order valence-corrected chi connectivity index (χ1v) is 4.45. The van der Waals surface area contributed by atoms with E-state index in [1.165, 1.54) is 0 Å². The van der Waals surface area contributed by atoms with Crippen LogP contribution in [0.5, 0.6) is 0 Å². The minimum absolute atomic E-state index is 0.512. The van der Waals surface area contributed by atoms with Crippen LogP contribution in [0.1, 0.15) is 0 Å². The van der Waals surface area contributed by atoms with E-state index in [9.17, 15) is 0 Å². The highest BCUT2D eigenvalue weighted by molar-refractivity contribution is 6.43. The van der Waals surface area contributed by atoms with Crippen molar-refractivity contribution in [1.29, 1.82) is 0 Å². The molecule has 0 bridgehead atoms. The lowest BCUT2D eigenvalue weighted by Crippen LogP contribution is -2.44. The van der Waals surface area contributed by atoms with Gasteiger partial charge in [-0.3, -0.25) is 9.80 Å². The molecule has 0 saturated carbocycles. The van der Waals surface area contributed by atoms with Crippen molar-refractivity contribution in [2.45, 2.75) is 5.79 Å². The highest BCUT2D eigenvalue weighted by atomic mass is 28.2. The van der Waals surface area contributed by atoms with Crippen LogP contribution in [0.2, 0.25) is 0 Å². The van der Waals surface area contributed by atoms with Gasteiger partial charge in [0.1, 0.15) is 9.52 Å². The molecule has 0 N–H and O–H groups in total. The van der Waals surface area contributed by atoms with Crippen LogP contribution in [-0.2, 0) is 0 Å². The van der Waals surface area contributed by atoms with Crippen LogP contribution < -0.4 is 0 Å². The molecule has 2 nitrogen and oxygen atoms in total. The molecular formula is C7H16N2Si. The molecule has 0 aromatic heterocycles. The molecule has 0 rings (SSSR count). The average Bonchev–Trinajstić information content (AvgIpc) is 1.81. The monoisotopic (exact) mass is 156 g/mol. The predicted octanol–water partition coefficient (Wildman–Crippen LogP) is 0.241. The molecular weight excluding hydrogens is 140 g/mol. The van der Waals surface area contributed by atoms with E-state index in [1.54, 1.807) is 0 Å².